The van der Waals surface area contributed by atoms with Gasteiger partial charge in [-0.15, -0.1) is 0 Å². The molecule has 7 heteroatoms. The highest BCUT2D eigenvalue weighted by Gasteiger charge is 2.49. The highest BCUT2D eigenvalue weighted by atomic mass is 19.1. The zero-order chi connectivity index (χ0) is 24.6. The highest BCUT2D eigenvalue weighted by molar-refractivity contribution is 5.81. The van der Waals surface area contributed by atoms with Crippen molar-refractivity contribution in [3.05, 3.63) is 65.2 Å². The summed E-state index contributed by atoms with van der Waals surface area (Å²) in [7, 11) is 1.60. The average Bonchev–Trinajstić information content (AvgIpc) is 3.26. The molecule has 0 spiro atoms. The van der Waals surface area contributed by atoms with E-state index in [1.54, 1.807) is 7.11 Å². The molecule has 4 rings (SSSR count). The number of likely N-dealkylation sites (tertiary alicyclic amines) is 2. The topological polar surface area (TPSA) is 53.0 Å². The van der Waals surface area contributed by atoms with Gasteiger partial charge in [-0.1, -0.05) is 39.0 Å². The van der Waals surface area contributed by atoms with Crippen molar-refractivity contribution in [2.45, 2.75) is 32.3 Å². The van der Waals surface area contributed by atoms with Crippen molar-refractivity contribution in [2.24, 2.45) is 17.8 Å². The van der Waals surface area contributed by atoms with Crippen LogP contribution in [0, 0.1) is 29.4 Å². The van der Waals surface area contributed by atoms with Gasteiger partial charge in [-0.2, -0.15) is 0 Å². The van der Waals surface area contributed by atoms with E-state index in [9.17, 15) is 18.7 Å². The third kappa shape index (κ3) is 4.31. The number of aliphatic hydroxyl groups is 1. The van der Waals surface area contributed by atoms with Crippen LogP contribution in [-0.2, 0) is 10.4 Å². The van der Waals surface area contributed by atoms with Crippen molar-refractivity contribution in [3.8, 4) is 5.75 Å². The second-order valence-electron chi connectivity index (χ2n) is 9.83. The van der Waals surface area contributed by atoms with Gasteiger partial charge in [0, 0.05) is 50.0 Å². The van der Waals surface area contributed by atoms with Crippen LogP contribution in [0.25, 0.3) is 0 Å². The Balaban J connectivity index is 1.56. The Bertz CT molecular complexity index is 1020. The molecule has 2 heterocycles. The monoisotopic (exact) mass is 472 g/mol. The van der Waals surface area contributed by atoms with E-state index in [1.165, 1.54) is 12.1 Å². The number of carbonyl (C=O) groups excluding carboxylic acids is 1. The summed E-state index contributed by atoms with van der Waals surface area (Å²) in [5.41, 5.74) is 0.129. The van der Waals surface area contributed by atoms with Crippen molar-refractivity contribution >= 4 is 5.91 Å². The van der Waals surface area contributed by atoms with Gasteiger partial charge < -0.3 is 19.6 Å². The number of amides is 1. The molecule has 1 N–H and O–H groups in total. The normalized spacial score (nSPS) is 29.9. The number of rotatable bonds is 5. The number of likely N-dealkylation sites (N-methyl/N-ethyl adjacent to an activating group) is 1. The average molecular weight is 473 g/mol. The van der Waals surface area contributed by atoms with E-state index in [1.807, 2.05) is 49.9 Å². The van der Waals surface area contributed by atoms with Gasteiger partial charge in [0.25, 0.3) is 0 Å². The van der Waals surface area contributed by atoms with Crippen molar-refractivity contribution in [1.29, 1.82) is 0 Å². The number of nitrogens with zero attached hydrogens (tertiary/aromatic N) is 2. The zero-order valence-electron chi connectivity index (χ0n) is 20.3. The quantitative estimate of drug-likeness (QED) is 0.715. The maximum absolute atomic E-state index is 14.7. The largest absolute Gasteiger partial charge is 0.497 e. The molecule has 0 bridgehead atoms. The molecular formula is C27H34F2N2O3. The van der Waals surface area contributed by atoms with Crippen LogP contribution in [0.2, 0.25) is 0 Å². The minimum Gasteiger partial charge on any atom is -0.497 e. The molecule has 2 unspecified atom stereocenters. The third-order valence-electron chi connectivity index (χ3n) is 7.88. The van der Waals surface area contributed by atoms with Crippen LogP contribution in [0.15, 0.2) is 42.5 Å². The fourth-order valence-electron chi connectivity index (χ4n) is 5.85. The number of benzene rings is 2. The Labute approximate surface area is 200 Å². The van der Waals surface area contributed by atoms with E-state index >= 15 is 0 Å². The minimum atomic E-state index is -1.07. The van der Waals surface area contributed by atoms with Crippen LogP contribution in [-0.4, -0.2) is 60.6 Å². The van der Waals surface area contributed by atoms with E-state index in [0.29, 0.717) is 31.7 Å². The second kappa shape index (κ2) is 9.62. The summed E-state index contributed by atoms with van der Waals surface area (Å²) in [6.45, 7) is 8.62. The van der Waals surface area contributed by atoms with Gasteiger partial charge in [0.1, 0.15) is 17.4 Å². The predicted molar refractivity (Wildman–Crippen MR) is 127 cm³/mol. The fraction of sp³-hybridized carbons (Fsp3) is 0.519. The molecule has 2 saturated heterocycles. The maximum atomic E-state index is 14.7. The zero-order valence-corrected chi connectivity index (χ0v) is 20.3. The number of ether oxygens (including phenoxy) is 1. The van der Waals surface area contributed by atoms with Crippen molar-refractivity contribution in [2.75, 3.05) is 39.8 Å². The molecular weight excluding hydrogens is 438 g/mol. The fourth-order valence-corrected chi connectivity index (χ4v) is 5.85. The maximum Gasteiger partial charge on any atom is 0.227 e. The second-order valence-corrected chi connectivity index (χ2v) is 9.83. The highest BCUT2D eigenvalue weighted by Crippen LogP contribution is 2.43. The van der Waals surface area contributed by atoms with Gasteiger partial charge in [0.05, 0.1) is 18.6 Å². The van der Waals surface area contributed by atoms with Gasteiger partial charge in [-0.25, -0.2) is 8.78 Å². The molecule has 2 aliphatic rings. The van der Waals surface area contributed by atoms with E-state index < -0.39 is 23.2 Å². The standard InChI is InChI=1S/C27H34F2N2O3/c1-5-30-15-23(22-11-8-20(28)12-25(22)29)24(16-30)26(32)31-13-17(2)27(33,18(3)14-31)19-6-9-21(34-4)10-7-19/h6-12,17-18,23-24,33H,5,13-16H2,1-4H3/t17-,18?,23-,24+,27?/m0/s1. The Morgan fingerprint density at radius 3 is 2.26 bits per heavy atom. The third-order valence-corrected chi connectivity index (χ3v) is 7.88. The summed E-state index contributed by atoms with van der Waals surface area (Å²) in [6, 6.07) is 11.1. The molecule has 2 aliphatic heterocycles. The first-order chi connectivity index (χ1) is 16.2. The summed E-state index contributed by atoms with van der Waals surface area (Å²) < 4.78 is 33.4. The summed E-state index contributed by atoms with van der Waals surface area (Å²) in [4.78, 5) is 17.7. The smallest absolute Gasteiger partial charge is 0.227 e. The molecule has 184 valence electrons. The molecule has 0 radical (unpaired) electrons. The summed E-state index contributed by atoms with van der Waals surface area (Å²) in [5.74, 6) is -1.66. The molecule has 5 atom stereocenters. The van der Waals surface area contributed by atoms with Crippen LogP contribution in [0.1, 0.15) is 37.8 Å². The number of piperidine rings is 1. The molecule has 0 saturated carbocycles. The number of methoxy groups -OCH3 is 1. The first-order valence-corrected chi connectivity index (χ1v) is 12.0. The SMILES string of the molecule is CCN1C[C@@H](C(=O)N2CC(C)C(O)(c3ccc(OC)cc3)[C@@H](C)C2)[C@H](c2ccc(F)cc2F)C1. The molecule has 2 aromatic carbocycles. The van der Waals surface area contributed by atoms with Crippen molar-refractivity contribution < 1.29 is 23.4 Å². The van der Waals surface area contributed by atoms with E-state index in [4.69, 9.17) is 4.74 Å². The van der Waals surface area contributed by atoms with Crippen LogP contribution < -0.4 is 4.74 Å². The van der Waals surface area contributed by atoms with E-state index in [2.05, 4.69) is 4.90 Å². The lowest BCUT2D eigenvalue weighted by Crippen LogP contribution is -2.57. The Kier molecular flexibility index (Phi) is 6.97. The first-order valence-electron chi connectivity index (χ1n) is 12.0. The summed E-state index contributed by atoms with van der Waals surface area (Å²) in [5, 5.41) is 11.7. The van der Waals surface area contributed by atoms with E-state index in [0.717, 1.165) is 23.9 Å². The molecule has 0 aliphatic carbocycles. The van der Waals surface area contributed by atoms with Gasteiger partial charge >= 0.3 is 0 Å². The predicted octanol–water partition coefficient (Wildman–Crippen LogP) is 4.01. The van der Waals surface area contributed by atoms with Gasteiger partial charge in [0.2, 0.25) is 5.91 Å². The van der Waals surface area contributed by atoms with Crippen molar-refractivity contribution in [1.82, 2.24) is 9.80 Å². The number of carbonyl (C=O) groups is 1. The number of halogens is 2. The first kappa shape index (κ1) is 24.6. The molecule has 5 nitrogen and oxygen atoms in total. The van der Waals surface area contributed by atoms with Gasteiger partial charge in [-0.3, -0.25) is 4.79 Å². The number of hydrogen-bond acceptors (Lipinski definition) is 4. The summed E-state index contributed by atoms with van der Waals surface area (Å²) >= 11 is 0. The molecule has 0 aromatic heterocycles. The number of hydrogen-bond donors (Lipinski definition) is 1. The molecule has 1 amide bonds. The Morgan fingerprint density at radius 2 is 1.71 bits per heavy atom. The van der Waals surface area contributed by atoms with Gasteiger partial charge in [-0.05, 0) is 35.9 Å². The minimum absolute atomic E-state index is 0.0276. The Hall–Kier alpha value is -2.51. The van der Waals surface area contributed by atoms with Crippen LogP contribution in [0.3, 0.4) is 0 Å². The molecule has 34 heavy (non-hydrogen) atoms. The van der Waals surface area contributed by atoms with Crippen LogP contribution >= 0.6 is 0 Å². The molecule has 2 fully saturated rings. The lowest BCUT2D eigenvalue weighted by atomic mass is 9.70. The van der Waals surface area contributed by atoms with E-state index in [-0.39, 0.29) is 23.7 Å². The lowest BCUT2D eigenvalue weighted by molar-refractivity contribution is -0.152. The lowest BCUT2D eigenvalue weighted by Gasteiger charge is -2.48. The van der Waals surface area contributed by atoms with Gasteiger partial charge in [0.15, 0.2) is 0 Å². The van der Waals surface area contributed by atoms with Crippen LogP contribution in [0.4, 0.5) is 8.78 Å². The van der Waals surface area contributed by atoms with Crippen LogP contribution in [0.5, 0.6) is 5.75 Å². The summed E-state index contributed by atoms with van der Waals surface area (Å²) in [6.07, 6.45) is 0. The molecule has 2 aromatic rings. The Morgan fingerprint density at radius 1 is 1.06 bits per heavy atom. The van der Waals surface area contributed by atoms with Crippen molar-refractivity contribution in [3.63, 3.8) is 0 Å².